The van der Waals surface area contributed by atoms with Crippen LogP contribution in [0.4, 0.5) is 32.0 Å². The number of pyridine rings is 2. The highest BCUT2D eigenvalue weighted by Gasteiger charge is 2.38. The smallest absolute Gasteiger partial charge is 0.485 e. The third-order valence-corrected chi connectivity index (χ3v) is 10.7. The molecule has 9 nitrogen and oxygen atoms in total. The summed E-state index contributed by atoms with van der Waals surface area (Å²) in [6.45, 7) is 4.57. The van der Waals surface area contributed by atoms with E-state index in [4.69, 9.17) is 25.9 Å². The van der Waals surface area contributed by atoms with Gasteiger partial charge in [-0.3, -0.25) is 0 Å². The van der Waals surface area contributed by atoms with Crippen molar-refractivity contribution in [1.82, 2.24) is 0 Å². The van der Waals surface area contributed by atoms with Crippen LogP contribution in [0.1, 0.15) is 46.2 Å². The van der Waals surface area contributed by atoms with Crippen LogP contribution < -0.4 is 14.0 Å². The minimum absolute atomic E-state index is 1.05. The summed E-state index contributed by atoms with van der Waals surface area (Å²) in [5, 5.41) is 0. The molecule has 17 heteroatoms. The summed E-state index contributed by atoms with van der Waals surface area (Å²) in [6.07, 6.45) is 16.4. The lowest BCUT2D eigenvalue weighted by atomic mass is 9.85. The van der Waals surface area contributed by atoms with Crippen molar-refractivity contribution in [2.45, 2.75) is 62.6 Å². The quantitative estimate of drug-likeness (QED) is 0.111. The van der Waals surface area contributed by atoms with Crippen molar-refractivity contribution in [2.75, 3.05) is 18.0 Å². The van der Waals surface area contributed by atoms with Crippen molar-refractivity contribution < 1.29 is 61.4 Å². The summed E-state index contributed by atoms with van der Waals surface area (Å²) in [6, 6.07) is 21.0. The average molecular weight is 782 g/mol. The molecule has 0 spiro atoms. The Kier molecular flexibility index (Phi) is 10.5. The third-order valence-electron chi connectivity index (χ3n) is 9.52. The first-order valence-corrected chi connectivity index (χ1v) is 19.4. The molecule has 0 bridgehead atoms. The molecule has 0 saturated heterocycles. The maximum absolute atomic E-state index is 10.7. The van der Waals surface area contributed by atoms with E-state index in [1.54, 1.807) is 16.8 Å². The first kappa shape index (κ1) is 38.4. The Morgan fingerprint density at radius 3 is 1.62 bits per heavy atom. The first-order chi connectivity index (χ1) is 24.8. The van der Waals surface area contributed by atoms with Gasteiger partial charge in [0.15, 0.2) is 45.7 Å². The molecular formula is C36H33F6N3O6S2. The Hall–Kier alpha value is -4.32. The molecule has 2 aromatic carbocycles. The summed E-state index contributed by atoms with van der Waals surface area (Å²) in [7, 11) is -12.2. The second-order valence-corrected chi connectivity index (χ2v) is 15.7. The van der Waals surface area contributed by atoms with Crippen LogP contribution in [0.2, 0.25) is 0 Å². The Morgan fingerprint density at radius 2 is 1.09 bits per heavy atom. The second kappa shape index (κ2) is 14.5. The summed E-state index contributed by atoms with van der Waals surface area (Å²) in [4.78, 5) is 2.63. The average Bonchev–Trinajstić information content (AvgIpc) is 3.09. The van der Waals surface area contributed by atoms with Gasteiger partial charge in [0.1, 0.15) is 0 Å². The highest BCUT2D eigenvalue weighted by Crippen LogP contribution is 2.40. The fourth-order valence-corrected chi connectivity index (χ4v) is 7.25. The lowest BCUT2D eigenvalue weighted by molar-refractivity contribution is -0.689. The van der Waals surface area contributed by atoms with Crippen LogP contribution in [0.5, 0.6) is 0 Å². The summed E-state index contributed by atoms with van der Waals surface area (Å²) in [5.74, 6) is 0. The molecule has 4 aliphatic rings. The Balaban J connectivity index is 0.000000254. The molecule has 6 heterocycles. The number of aryl methyl sites for hydroxylation is 6. The summed E-state index contributed by atoms with van der Waals surface area (Å²) >= 11 is 0. The molecule has 0 fully saturated rings. The van der Waals surface area contributed by atoms with E-state index < -0.39 is 31.3 Å². The first-order valence-electron chi connectivity index (χ1n) is 16.6. The lowest BCUT2D eigenvalue weighted by Gasteiger charge is -2.37. The van der Waals surface area contributed by atoms with Crippen LogP contribution in [0.25, 0.3) is 34.7 Å². The molecule has 2 aromatic heterocycles. The van der Waals surface area contributed by atoms with E-state index in [1.807, 2.05) is 0 Å². The maximum Gasteiger partial charge on any atom is 0.485 e. The number of rotatable bonds is 2. The molecule has 53 heavy (non-hydrogen) atoms. The Labute approximate surface area is 302 Å². The molecular weight excluding hydrogens is 749 g/mol. The molecule has 282 valence electrons. The van der Waals surface area contributed by atoms with Gasteiger partial charge in [0.2, 0.25) is 11.4 Å². The maximum atomic E-state index is 10.7. The number of hydrogen-bond donors (Lipinski definition) is 0. The van der Waals surface area contributed by atoms with Gasteiger partial charge in [0.25, 0.3) is 0 Å². The van der Waals surface area contributed by atoms with Crippen molar-refractivity contribution in [1.29, 1.82) is 0 Å². The molecule has 0 saturated carbocycles. The predicted octanol–water partition coefficient (Wildman–Crippen LogP) is 5.68. The molecule has 0 unspecified atom stereocenters. The SMILES string of the molecule is C(=C\c1cc[n+]2c(c1)-c1c(ccc3c1-c1cccc[n+]1CC3)CC2)/c1cc2c3c(c1)CCCN3CCC2.O=S(=O)([O-])C(F)(F)F.O=S(=O)([O-])C(F)(F)F. The van der Waals surface area contributed by atoms with Gasteiger partial charge in [0.05, 0.1) is 11.1 Å². The number of nitrogens with zero attached hydrogens (tertiary/aromatic N) is 3. The number of alkyl halides is 6. The predicted molar refractivity (Wildman–Crippen MR) is 181 cm³/mol. The van der Waals surface area contributed by atoms with E-state index in [9.17, 15) is 26.3 Å². The number of anilines is 1. The Bertz CT molecular complexity index is 2240. The number of hydrogen-bond acceptors (Lipinski definition) is 7. The summed E-state index contributed by atoms with van der Waals surface area (Å²) < 4.78 is 123. The standard InChI is InChI=1S/C34H33N3.2CHF3O3S/c1-2-15-35-19-13-26-10-11-27-14-20-36-18-12-24(23-31(36)33(27)32(26)30(35)7-1)8-9-25-21-28-5-3-16-37-17-4-6-29(22-25)34(28)37;2*2-1(3,4)8(5,6)7/h1-2,7-12,15,18,21-23H,3-6,13-14,16-17,19-20H2;2*(H,5,6,7)/q+2;;/p-2. The van der Waals surface area contributed by atoms with Gasteiger partial charge in [-0.1, -0.05) is 24.3 Å². The van der Waals surface area contributed by atoms with Crippen LogP contribution in [0, 0.1) is 0 Å². The van der Waals surface area contributed by atoms with Crippen molar-refractivity contribution >= 4 is 38.1 Å². The molecule has 0 N–H and O–H groups in total. The van der Waals surface area contributed by atoms with Gasteiger partial charge >= 0.3 is 11.0 Å². The molecule has 0 atom stereocenters. The molecule has 4 aliphatic heterocycles. The Morgan fingerprint density at radius 1 is 0.604 bits per heavy atom. The second-order valence-electron chi connectivity index (χ2n) is 13.0. The van der Waals surface area contributed by atoms with Crippen molar-refractivity contribution in [3.8, 4) is 22.5 Å². The van der Waals surface area contributed by atoms with Crippen LogP contribution in [-0.2, 0) is 59.0 Å². The fraction of sp³-hybridized carbons (Fsp3) is 0.333. The zero-order valence-electron chi connectivity index (χ0n) is 28.0. The lowest BCUT2D eigenvalue weighted by Crippen LogP contribution is -2.43. The fourth-order valence-electron chi connectivity index (χ4n) is 7.25. The van der Waals surface area contributed by atoms with Crippen LogP contribution >= 0.6 is 0 Å². The van der Waals surface area contributed by atoms with Gasteiger partial charge in [0, 0.05) is 55.9 Å². The van der Waals surface area contributed by atoms with E-state index in [0.29, 0.717) is 0 Å². The highest BCUT2D eigenvalue weighted by atomic mass is 32.2. The normalized spacial score (nSPS) is 16.1. The topological polar surface area (TPSA) is 125 Å². The van der Waals surface area contributed by atoms with Crippen LogP contribution in [0.3, 0.4) is 0 Å². The molecule has 0 aliphatic carbocycles. The van der Waals surface area contributed by atoms with Gasteiger partial charge < -0.3 is 14.0 Å². The molecule has 0 radical (unpaired) electrons. The van der Waals surface area contributed by atoms with E-state index >= 15 is 0 Å². The van der Waals surface area contributed by atoms with E-state index in [1.165, 1.54) is 83.5 Å². The van der Waals surface area contributed by atoms with Crippen molar-refractivity contribution in [3.05, 3.63) is 100 Å². The van der Waals surface area contributed by atoms with E-state index in [0.717, 1.165) is 25.9 Å². The van der Waals surface area contributed by atoms with Crippen LogP contribution in [-0.4, -0.2) is 50.0 Å². The highest BCUT2D eigenvalue weighted by molar-refractivity contribution is 7.86. The van der Waals surface area contributed by atoms with Crippen LogP contribution in [0.15, 0.2) is 67.0 Å². The largest absolute Gasteiger partial charge is 0.741 e. The zero-order chi connectivity index (χ0) is 38.3. The van der Waals surface area contributed by atoms with Gasteiger partial charge in [-0.05, 0) is 77.3 Å². The van der Waals surface area contributed by atoms with Gasteiger partial charge in [-0.2, -0.15) is 35.5 Å². The monoisotopic (exact) mass is 781 g/mol. The van der Waals surface area contributed by atoms with E-state index in [2.05, 4.69) is 93.2 Å². The number of halogens is 6. The van der Waals surface area contributed by atoms with Crippen molar-refractivity contribution in [3.63, 3.8) is 0 Å². The number of aromatic nitrogens is 2. The van der Waals surface area contributed by atoms with Gasteiger partial charge in [-0.25, -0.2) is 16.8 Å². The van der Waals surface area contributed by atoms with E-state index in [-0.39, 0.29) is 0 Å². The minimum atomic E-state index is -6.09. The molecule has 0 amide bonds. The van der Waals surface area contributed by atoms with Crippen molar-refractivity contribution in [2.24, 2.45) is 0 Å². The molecule has 8 rings (SSSR count). The zero-order valence-corrected chi connectivity index (χ0v) is 29.6. The summed E-state index contributed by atoms with van der Waals surface area (Å²) in [5.41, 5.74) is 4.57. The minimum Gasteiger partial charge on any atom is -0.741 e. The third kappa shape index (κ3) is 8.27. The number of fused-ring (bicyclic) bond motifs is 7. The molecule has 4 aromatic rings. The number of benzene rings is 2. The van der Waals surface area contributed by atoms with Gasteiger partial charge in [-0.15, -0.1) is 0 Å².